The molecule has 108 valence electrons. The summed E-state index contributed by atoms with van der Waals surface area (Å²) in [5.41, 5.74) is 3.20. The van der Waals surface area contributed by atoms with Crippen LogP contribution in [0.25, 0.3) is 0 Å². The van der Waals surface area contributed by atoms with Gasteiger partial charge in [0.1, 0.15) is 0 Å². The molecule has 1 unspecified atom stereocenters. The van der Waals surface area contributed by atoms with Crippen molar-refractivity contribution in [3.8, 4) is 0 Å². The van der Waals surface area contributed by atoms with Crippen LogP contribution in [0.3, 0.4) is 0 Å². The molecule has 2 aromatic rings. The van der Waals surface area contributed by atoms with Gasteiger partial charge in [0.2, 0.25) is 0 Å². The highest BCUT2D eigenvalue weighted by Crippen LogP contribution is 2.14. The largest absolute Gasteiger partial charge is 0.395 e. The highest BCUT2D eigenvalue weighted by atomic mass is 16.3. The maximum Gasteiger partial charge on any atom is 0.0765 e. The van der Waals surface area contributed by atoms with E-state index in [0.29, 0.717) is 0 Å². The number of H-pyrrole nitrogens is 1. The first-order valence-electron chi connectivity index (χ1n) is 6.97. The molecular formula is C15H22N4O. The molecule has 20 heavy (non-hydrogen) atoms. The predicted octanol–water partition coefficient (Wildman–Crippen LogP) is 1.89. The van der Waals surface area contributed by atoms with E-state index >= 15 is 0 Å². The molecule has 0 aliphatic rings. The molecule has 1 atom stereocenters. The molecule has 0 radical (unpaired) electrons. The maximum absolute atomic E-state index is 9.57. The number of aliphatic hydroxyl groups is 1. The van der Waals surface area contributed by atoms with Crippen LogP contribution in [0.2, 0.25) is 0 Å². The smallest absolute Gasteiger partial charge is 0.0765 e. The summed E-state index contributed by atoms with van der Waals surface area (Å²) in [6.07, 6.45) is 4.54. The molecule has 2 heterocycles. The number of hydrogen-bond donors (Lipinski definition) is 2. The number of aliphatic hydroxyl groups excluding tert-OH is 1. The number of rotatable bonds is 7. The lowest BCUT2D eigenvalue weighted by molar-refractivity contribution is 0.105. The molecule has 0 saturated heterocycles. The summed E-state index contributed by atoms with van der Waals surface area (Å²) in [6.45, 7) is 5.72. The van der Waals surface area contributed by atoms with Crippen LogP contribution in [-0.2, 0) is 13.1 Å². The summed E-state index contributed by atoms with van der Waals surface area (Å²) >= 11 is 0. The second-order valence-corrected chi connectivity index (χ2v) is 5.05. The van der Waals surface area contributed by atoms with Crippen molar-refractivity contribution >= 4 is 0 Å². The van der Waals surface area contributed by atoms with Crippen LogP contribution in [0.5, 0.6) is 0 Å². The number of hydrogen-bond acceptors (Lipinski definition) is 4. The first-order chi connectivity index (χ1) is 9.72. The van der Waals surface area contributed by atoms with Gasteiger partial charge in [-0.25, -0.2) is 0 Å². The molecule has 0 fully saturated rings. The molecule has 5 nitrogen and oxygen atoms in total. The van der Waals surface area contributed by atoms with Gasteiger partial charge in [-0.05, 0) is 31.0 Å². The minimum atomic E-state index is 0.132. The second kappa shape index (κ2) is 7.17. The van der Waals surface area contributed by atoms with E-state index in [4.69, 9.17) is 0 Å². The monoisotopic (exact) mass is 274 g/mol. The van der Waals surface area contributed by atoms with Gasteiger partial charge < -0.3 is 5.11 Å². The van der Waals surface area contributed by atoms with Crippen LogP contribution in [0.1, 0.15) is 30.3 Å². The molecule has 0 saturated carbocycles. The first kappa shape index (κ1) is 14.7. The Hall–Kier alpha value is -1.72. The number of aromatic nitrogens is 3. The maximum atomic E-state index is 9.57. The number of aromatic amines is 1. The second-order valence-electron chi connectivity index (χ2n) is 5.05. The van der Waals surface area contributed by atoms with Crippen LogP contribution in [0.15, 0.2) is 30.6 Å². The third-order valence-corrected chi connectivity index (χ3v) is 3.43. The summed E-state index contributed by atoms with van der Waals surface area (Å²) in [6, 6.07) is 6.17. The van der Waals surface area contributed by atoms with E-state index < -0.39 is 0 Å². The fraction of sp³-hybridized carbons (Fsp3) is 0.467. The van der Waals surface area contributed by atoms with E-state index in [1.54, 1.807) is 6.20 Å². The van der Waals surface area contributed by atoms with Gasteiger partial charge in [-0.1, -0.05) is 13.0 Å². The van der Waals surface area contributed by atoms with Gasteiger partial charge >= 0.3 is 0 Å². The van der Waals surface area contributed by atoms with E-state index in [9.17, 15) is 5.11 Å². The van der Waals surface area contributed by atoms with Crippen LogP contribution >= 0.6 is 0 Å². The van der Waals surface area contributed by atoms with Crippen molar-refractivity contribution in [3.63, 3.8) is 0 Å². The van der Waals surface area contributed by atoms with Crippen LogP contribution < -0.4 is 0 Å². The number of pyridine rings is 1. The van der Waals surface area contributed by atoms with E-state index in [0.717, 1.165) is 36.5 Å². The van der Waals surface area contributed by atoms with Gasteiger partial charge in [0.15, 0.2) is 0 Å². The van der Waals surface area contributed by atoms with Gasteiger partial charge in [0.25, 0.3) is 0 Å². The Labute approximate surface area is 119 Å². The zero-order valence-corrected chi connectivity index (χ0v) is 12.1. The molecule has 0 bridgehead atoms. The van der Waals surface area contributed by atoms with E-state index in [1.165, 1.54) is 0 Å². The van der Waals surface area contributed by atoms with Crippen molar-refractivity contribution < 1.29 is 5.11 Å². The van der Waals surface area contributed by atoms with Crippen molar-refractivity contribution in [2.24, 2.45) is 0 Å². The van der Waals surface area contributed by atoms with Crippen LogP contribution in [0, 0.1) is 6.92 Å². The van der Waals surface area contributed by atoms with Gasteiger partial charge in [0.05, 0.1) is 12.3 Å². The highest BCUT2D eigenvalue weighted by Gasteiger charge is 2.18. The van der Waals surface area contributed by atoms with Crippen molar-refractivity contribution in [1.82, 2.24) is 20.1 Å². The highest BCUT2D eigenvalue weighted by molar-refractivity contribution is 5.10. The minimum absolute atomic E-state index is 0.132. The van der Waals surface area contributed by atoms with E-state index in [1.807, 2.05) is 25.3 Å². The van der Waals surface area contributed by atoms with Gasteiger partial charge in [-0.2, -0.15) is 5.10 Å². The quantitative estimate of drug-likeness (QED) is 0.809. The normalized spacial score (nSPS) is 12.8. The molecule has 5 heteroatoms. The molecular weight excluding hydrogens is 252 g/mol. The molecule has 2 N–H and O–H groups in total. The average molecular weight is 274 g/mol. The number of aryl methyl sites for hydroxylation is 1. The van der Waals surface area contributed by atoms with E-state index in [-0.39, 0.29) is 12.6 Å². The fourth-order valence-electron chi connectivity index (χ4n) is 2.31. The Morgan fingerprint density at radius 2 is 2.25 bits per heavy atom. The predicted molar refractivity (Wildman–Crippen MR) is 78.0 cm³/mol. The van der Waals surface area contributed by atoms with Crippen LogP contribution in [-0.4, -0.2) is 37.8 Å². The van der Waals surface area contributed by atoms with E-state index in [2.05, 4.69) is 33.1 Å². The molecule has 2 aromatic heterocycles. The molecule has 0 amide bonds. The SMILES string of the molecule is CCC(CO)N(Cc1cccnc1)Cc1cc(C)[nH]n1. The number of nitrogens with zero attached hydrogens (tertiary/aromatic N) is 3. The van der Waals surface area contributed by atoms with Crippen LogP contribution in [0.4, 0.5) is 0 Å². The Balaban J connectivity index is 2.11. The summed E-state index contributed by atoms with van der Waals surface area (Å²) in [5, 5.41) is 16.8. The third-order valence-electron chi connectivity index (χ3n) is 3.43. The molecule has 0 aliphatic carbocycles. The zero-order chi connectivity index (χ0) is 14.4. The zero-order valence-electron chi connectivity index (χ0n) is 12.1. The Bertz CT molecular complexity index is 508. The average Bonchev–Trinajstić information content (AvgIpc) is 2.86. The summed E-state index contributed by atoms with van der Waals surface area (Å²) in [7, 11) is 0. The first-order valence-corrected chi connectivity index (χ1v) is 6.97. The number of nitrogens with one attached hydrogen (secondary N) is 1. The van der Waals surface area contributed by atoms with Gasteiger partial charge in [-0.15, -0.1) is 0 Å². The van der Waals surface area contributed by atoms with Gasteiger partial charge in [-0.3, -0.25) is 15.0 Å². The molecule has 0 aliphatic heterocycles. The van der Waals surface area contributed by atoms with Gasteiger partial charge in [0, 0.05) is 37.2 Å². The van der Waals surface area contributed by atoms with Crippen molar-refractivity contribution in [3.05, 3.63) is 47.5 Å². The Morgan fingerprint density at radius 1 is 1.40 bits per heavy atom. The van der Waals surface area contributed by atoms with Crippen molar-refractivity contribution in [2.75, 3.05) is 6.61 Å². The topological polar surface area (TPSA) is 65.0 Å². The lowest BCUT2D eigenvalue weighted by atomic mass is 10.1. The summed E-state index contributed by atoms with van der Waals surface area (Å²) < 4.78 is 0. The molecule has 0 aromatic carbocycles. The lowest BCUT2D eigenvalue weighted by Crippen LogP contribution is -2.36. The lowest BCUT2D eigenvalue weighted by Gasteiger charge is -2.29. The fourth-order valence-corrected chi connectivity index (χ4v) is 2.31. The van der Waals surface area contributed by atoms with Crippen molar-refractivity contribution in [2.45, 2.75) is 39.4 Å². The molecule has 0 spiro atoms. The van der Waals surface area contributed by atoms with Crippen molar-refractivity contribution in [1.29, 1.82) is 0 Å². The molecule has 2 rings (SSSR count). The minimum Gasteiger partial charge on any atom is -0.395 e. The standard InChI is InChI=1S/C15H22N4O/c1-3-15(11-20)19(9-13-5-4-6-16-8-13)10-14-7-12(2)17-18-14/h4-8,15,20H,3,9-11H2,1-2H3,(H,17,18). The summed E-state index contributed by atoms with van der Waals surface area (Å²) in [5.74, 6) is 0. The Morgan fingerprint density at radius 3 is 2.80 bits per heavy atom. The third kappa shape index (κ3) is 3.88. The Kier molecular flexibility index (Phi) is 5.26. The summed E-state index contributed by atoms with van der Waals surface area (Å²) in [4.78, 5) is 6.39.